The summed E-state index contributed by atoms with van der Waals surface area (Å²) in [6.45, 7) is 8.98. The lowest BCUT2D eigenvalue weighted by Gasteiger charge is -2.25. The Kier molecular flexibility index (Phi) is 5.20. The normalized spacial score (nSPS) is 10.6. The number of hydrogen-bond acceptors (Lipinski definition) is 1. The molecule has 0 aliphatic rings. The first kappa shape index (κ1) is 13.8. The molecule has 0 bridgehead atoms. The van der Waals surface area contributed by atoms with Gasteiger partial charge in [0.2, 0.25) is 5.91 Å². The molecule has 0 radical (unpaired) electrons. The van der Waals surface area contributed by atoms with Crippen LogP contribution >= 0.6 is 0 Å². The molecule has 0 heterocycles. The molecule has 0 fully saturated rings. The number of carbonyl (C=O) groups excluding carboxylic acids is 1. The van der Waals surface area contributed by atoms with E-state index in [2.05, 4.69) is 32.9 Å². The zero-order chi connectivity index (χ0) is 12.8. The Labute approximate surface area is 105 Å². The molecular formula is C15H23NO. The number of carbonyl (C=O) groups is 1. The van der Waals surface area contributed by atoms with Crippen LogP contribution < -0.4 is 4.90 Å². The van der Waals surface area contributed by atoms with Gasteiger partial charge in [0.15, 0.2) is 0 Å². The summed E-state index contributed by atoms with van der Waals surface area (Å²) in [5, 5.41) is 0. The minimum absolute atomic E-state index is 0.149. The fraction of sp³-hybridized carbons (Fsp3) is 0.533. The summed E-state index contributed by atoms with van der Waals surface area (Å²) in [4.78, 5) is 14.3. The van der Waals surface area contributed by atoms with E-state index in [-0.39, 0.29) is 11.8 Å². The van der Waals surface area contributed by atoms with E-state index in [1.165, 1.54) is 5.56 Å². The van der Waals surface area contributed by atoms with E-state index in [0.29, 0.717) is 0 Å². The lowest BCUT2D eigenvalue weighted by molar-refractivity contribution is -0.122. The molecule has 1 rings (SSSR count). The van der Waals surface area contributed by atoms with E-state index in [9.17, 15) is 4.79 Å². The van der Waals surface area contributed by atoms with Crippen molar-refractivity contribution in [1.29, 1.82) is 0 Å². The quantitative estimate of drug-likeness (QED) is 0.757. The van der Waals surface area contributed by atoms with Crippen LogP contribution in [0.4, 0.5) is 5.69 Å². The molecule has 1 aromatic rings. The zero-order valence-electron chi connectivity index (χ0n) is 11.4. The number of hydrogen-bond donors (Lipinski definition) is 0. The molecule has 0 saturated carbocycles. The Balaban J connectivity index is 2.95. The maximum Gasteiger partial charge on any atom is 0.230 e. The van der Waals surface area contributed by atoms with Gasteiger partial charge < -0.3 is 4.90 Å². The summed E-state index contributed by atoms with van der Waals surface area (Å²) >= 11 is 0. The van der Waals surface area contributed by atoms with Crippen LogP contribution in [0.5, 0.6) is 0 Å². The number of aryl methyl sites for hydroxylation is 1. The minimum Gasteiger partial charge on any atom is -0.312 e. The Morgan fingerprint density at radius 3 is 2.35 bits per heavy atom. The van der Waals surface area contributed by atoms with Gasteiger partial charge in [-0.3, -0.25) is 4.79 Å². The maximum atomic E-state index is 12.4. The summed E-state index contributed by atoms with van der Waals surface area (Å²) in [5.41, 5.74) is 2.21. The van der Waals surface area contributed by atoms with Gasteiger partial charge in [0.1, 0.15) is 0 Å². The number of amides is 1. The van der Waals surface area contributed by atoms with Gasteiger partial charge in [0.05, 0.1) is 0 Å². The number of nitrogens with zero attached hydrogens (tertiary/aromatic N) is 1. The van der Waals surface area contributed by atoms with Crippen molar-refractivity contribution in [2.45, 2.75) is 40.5 Å². The van der Waals surface area contributed by atoms with Crippen LogP contribution in [0.15, 0.2) is 24.3 Å². The van der Waals surface area contributed by atoms with Gasteiger partial charge in [-0.2, -0.15) is 0 Å². The Morgan fingerprint density at radius 2 is 1.88 bits per heavy atom. The topological polar surface area (TPSA) is 20.3 Å². The second kappa shape index (κ2) is 6.43. The SMILES string of the molecule is CCC(CC)C(=O)N(CC)c1cccc(C)c1. The van der Waals surface area contributed by atoms with Crippen molar-refractivity contribution in [2.24, 2.45) is 5.92 Å². The highest BCUT2D eigenvalue weighted by molar-refractivity contribution is 5.95. The van der Waals surface area contributed by atoms with Crippen molar-refractivity contribution in [3.63, 3.8) is 0 Å². The molecule has 1 aromatic carbocycles. The largest absolute Gasteiger partial charge is 0.312 e. The van der Waals surface area contributed by atoms with Gasteiger partial charge in [-0.15, -0.1) is 0 Å². The van der Waals surface area contributed by atoms with Gasteiger partial charge in [0, 0.05) is 18.2 Å². The molecule has 0 N–H and O–H groups in total. The van der Waals surface area contributed by atoms with Crippen LogP contribution in [0.1, 0.15) is 39.2 Å². The van der Waals surface area contributed by atoms with Gasteiger partial charge in [-0.25, -0.2) is 0 Å². The molecule has 0 aliphatic heterocycles. The molecule has 0 spiro atoms. The average molecular weight is 233 g/mol. The number of anilines is 1. The van der Waals surface area contributed by atoms with Gasteiger partial charge >= 0.3 is 0 Å². The van der Waals surface area contributed by atoms with Gasteiger partial charge in [0.25, 0.3) is 0 Å². The monoisotopic (exact) mass is 233 g/mol. The van der Waals surface area contributed by atoms with Crippen molar-refractivity contribution < 1.29 is 4.79 Å². The van der Waals surface area contributed by atoms with E-state index in [4.69, 9.17) is 0 Å². The van der Waals surface area contributed by atoms with Crippen molar-refractivity contribution in [1.82, 2.24) is 0 Å². The highest BCUT2D eigenvalue weighted by atomic mass is 16.2. The summed E-state index contributed by atoms with van der Waals surface area (Å²) in [5.74, 6) is 0.401. The van der Waals surface area contributed by atoms with E-state index >= 15 is 0 Å². The Morgan fingerprint density at radius 1 is 1.24 bits per heavy atom. The van der Waals surface area contributed by atoms with Crippen LogP contribution in [-0.2, 0) is 4.79 Å². The Bertz CT molecular complexity index is 369. The molecule has 0 unspecified atom stereocenters. The second-order valence-corrected chi connectivity index (χ2v) is 4.43. The van der Waals surface area contributed by atoms with Gasteiger partial charge in [-0.05, 0) is 44.4 Å². The molecule has 17 heavy (non-hydrogen) atoms. The number of benzene rings is 1. The first-order valence-electron chi connectivity index (χ1n) is 6.52. The van der Waals surface area contributed by atoms with Crippen molar-refractivity contribution in [3.8, 4) is 0 Å². The maximum absolute atomic E-state index is 12.4. The summed E-state index contributed by atoms with van der Waals surface area (Å²) in [6.07, 6.45) is 1.83. The highest BCUT2D eigenvalue weighted by Gasteiger charge is 2.21. The average Bonchev–Trinajstić information content (AvgIpc) is 2.31. The first-order chi connectivity index (χ1) is 8.13. The second-order valence-electron chi connectivity index (χ2n) is 4.43. The molecule has 2 heteroatoms. The fourth-order valence-corrected chi connectivity index (χ4v) is 2.12. The van der Waals surface area contributed by atoms with Crippen molar-refractivity contribution in [2.75, 3.05) is 11.4 Å². The summed E-state index contributed by atoms with van der Waals surface area (Å²) in [7, 11) is 0. The zero-order valence-corrected chi connectivity index (χ0v) is 11.4. The van der Waals surface area contributed by atoms with Crippen LogP contribution in [0.25, 0.3) is 0 Å². The number of rotatable bonds is 5. The molecule has 2 nitrogen and oxygen atoms in total. The molecule has 94 valence electrons. The van der Waals surface area contributed by atoms with Crippen molar-refractivity contribution in [3.05, 3.63) is 29.8 Å². The van der Waals surface area contributed by atoms with E-state index in [0.717, 1.165) is 25.1 Å². The van der Waals surface area contributed by atoms with Crippen LogP contribution in [-0.4, -0.2) is 12.5 Å². The third-order valence-electron chi connectivity index (χ3n) is 3.23. The lowest BCUT2D eigenvalue weighted by Crippen LogP contribution is -2.35. The Hall–Kier alpha value is -1.31. The fourth-order valence-electron chi connectivity index (χ4n) is 2.12. The molecule has 0 aromatic heterocycles. The summed E-state index contributed by atoms with van der Waals surface area (Å²) in [6, 6.07) is 8.15. The molecular weight excluding hydrogens is 210 g/mol. The predicted octanol–water partition coefficient (Wildman–Crippen LogP) is 3.78. The highest BCUT2D eigenvalue weighted by Crippen LogP contribution is 2.20. The molecule has 0 aliphatic carbocycles. The van der Waals surface area contributed by atoms with E-state index in [1.807, 2.05) is 24.0 Å². The van der Waals surface area contributed by atoms with E-state index < -0.39 is 0 Å². The third kappa shape index (κ3) is 3.32. The lowest BCUT2D eigenvalue weighted by atomic mass is 10.0. The standard InChI is InChI=1S/C15H23NO/c1-5-13(6-2)15(17)16(7-3)14-10-8-9-12(4)11-14/h8-11,13H,5-7H2,1-4H3. The predicted molar refractivity (Wildman–Crippen MR) is 73.3 cm³/mol. The third-order valence-corrected chi connectivity index (χ3v) is 3.23. The summed E-state index contributed by atoms with van der Waals surface area (Å²) < 4.78 is 0. The van der Waals surface area contributed by atoms with Crippen LogP contribution in [0.2, 0.25) is 0 Å². The van der Waals surface area contributed by atoms with Crippen LogP contribution in [0.3, 0.4) is 0 Å². The van der Waals surface area contributed by atoms with Gasteiger partial charge in [-0.1, -0.05) is 26.0 Å². The first-order valence-corrected chi connectivity index (χ1v) is 6.52. The molecule has 1 amide bonds. The minimum atomic E-state index is 0.149. The molecule has 0 atom stereocenters. The molecule has 0 saturated heterocycles. The van der Waals surface area contributed by atoms with E-state index in [1.54, 1.807) is 0 Å². The van der Waals surface area contributed by atoms with Crippen molar-refractivity contribution >= 4 is 11.6 Å². The smallest absolute Gasteiger partial charge is 0.230 e. The van der Waals surface area contributed by atoms with Crippen LogP contribution in [0, 0.1) is 12.8 Å².